The van der Waals surface area contributed by atoms with Gasteiger partial charge in [-0.2, -0.15) is 0 Å². The molecule has 2 N–H and O–H groups in total. The normalized spacial score (nSPS) is 20.4. The monoisotopic (exact) mass is 510 g/mol. The van der Waals surface area contributed by atoms with Gasteiger partial charge in [-0.25, -0.2) is 0 Å². The summed E-state index contributed by atoms with van der Waals surface area (Å²) in [6, 6.07) is 0. The van der Waals surface area contributed by atoms with Crippen molar-refractivity contribution >= 4 is 29.9 Å². The molecule has 2 aliphatic rings. The number of piperidine rings is 1. The van der Waals surface area contributed by atoms with Gasteiger partial charge in [-0.15, -0.1) is 24.0 Å². The van der Waals surface area contributed by atoms with Crippen molar-refractivity contribution in [1.82, 2.24) is 15.5 Å². The van der Waals surface area contributed by atoms with Gasteiger partial charge in [0, 0.05) is 52.6 Å². The lowest BCUT2D eigenvalue weighted by Crippen LogP contribution is -2.39. The highest BCUT2D eigenvalue weighted by Crippen LogP contribution is 2.14. The summed E-state index contributed by atoms with van der Waals surface area (Å²) in [5.41, 5.74) is 0. The van der Waals surface area contributed by atoms with E-state index < -0.39 is 0 Å². The first-order valence-electron chi connectivity index (χ1n) is 11.2. The molecule has 1 unspecified atom stereocenters. The molecule has 2 rings (SSSR count). The average Bonchev–Trinajstić information content (AvgIpc) is 2.70. The first-order chi connectivity index (χ1) is 13.3. The molecule has 0 spiro atoms. The summed E-state index contributed by atoms with van der Waals surface area (Å²) >= 11 is 0. The third-order valence-electron chi connectivity index (χ3n) is 5.38. The highest BCUT2D eigenvalue weighted by molar-refractivity contribution is 14.0. The molecule has 0 amide bonds. The van der Waals surface area contributed by atoms with Crippen LogP contribution in [0.4, 0.5) is 0 Å². The average molecular weight is 511 g/mol. The lowest BCUT2D eigenvalue weighted by atomic mass is 10.0. The predicted molar refractivity (Wildman–Crippen MR) is 128 cm³/mol. The Morgan fingerprint density at radius 1 is 1.18 bits per heavy atom. The zero-order chi connectivity index (χ0) is 19.2. The summed E-state index contributed by atoms with van der Waals surface area (Å²) in [7, 11) is 0. The molecule has 2 aliphatic heterocycles. The van der Waals surface area contributed by atoms with Gasteiger partial charge in [-0.1, -0.05) is 13.3 Å². The van der Waals surface area contributed by atoms with Crippen LogP contribution < -0.4 is 10.6 Å². The lowest BCUT2D eigenvalue weighted by molar-refractivity contribution is 0.0203. The van der Waals surface area contributed by atoms with E-state index in [1.54, 1.807) is 0 Å². The molecule has 166 valence electrons. The van der Waals surface area contributed by atoms with Crippen LogP contribution in [0.1, 0.15) is 52.4 Å². The number of nitrogens with one attached hydrogen (secondary N) is 2. The summed E-state index contributed by atoms with van der Waals surface area (Å²) in [6.45, 7) is 14.3. The van der Waals surface area contributed by atoms with Crippen molar-refractivity contribution in [2.45, 2.75) is 52.4 Å². The second-order valence-electron chi connectivity index (χ2n) is 8.10. The maximum absolute atomic E-state index is 5.84. The Hall–Kier alpha value is -0.120. The molecule has 0 bridgehead atoms. The van der Waals surface area contributed by atoms with E-state index in [0.717, 1.165) is 71.3 Å². The minimum Gasteiger partial charge on any atom is -0.381 e. The van der Waals surface area contributed by atoms with E-state index >= 15 is 0 Å². The van der Waals surface area contributed by atoms with Gasteiger partial charge < -0.3 is 25.0 Å². The highest BCUT2D eigenvalue weighted by Gasteiger charge is 2.14. The fourth-order valence-electron chi connectivity index (χ4n) is 3.77. The standard InChI is InChI=1S/C21H42N4O2.HI/c1-3-22-21(24-16-19(2)17-25-11-5-4-6-12-25)23-10-7-13-27-18-20-8-14-26-15-9-20;/h19-20H,3-18H2,1-2H3,(H2,22,23,24);1H. The van der Waals surface area contributed by atoms with Crippen LogP contribution in [0.15, 0.2) is 4.99 Å². The fraction of sp³-hybridized carbons (Fsp3) is 0.952. The Labute approximate surface area is 189 Å². The topological polar surface area (TPSA) is 58.1 Å². The van der Waals surface area contributed by atoms with Crippen molar-refractivity contribution in [3.63, 3.8) is 0 Å². The van der Waals surface area contributed by atoms with Crippen molar-refractivity contribution in [1.29, 1.82) is 0 Å². The number of nitrogens with zero attached hydrogens (tertiary/aromatic N) is 2. The number of guanidine groups is 1. The minimum atomic E-state index is 0. The maximum atomic E-state index is 5.84. The molecule has 0 aromatic rings. The number of hydrogen-bond acceptors (Lipinski definition) is 4. The van der Waals surface area contributed by atoms with Gasteiger partial charge >= 0.3 is 0 Å². The van der Waals surface area contributed by atoms with Crippen molar-refractivity contribution in [3.8, 4) is 0 Å². The molecule has 0 radical (unpaired) electrons. The van der Waals surface area contributed by atoms with Gasteiger partial charge in [0.1, 0.15) is 0 Å². The quantitative estimate of drug-likeness (QED) is 0.194. The second-order valence-corrected chi connectivity index (χ2v) is 8.10. The van der Waals surface area contributed by atoms with E-state index in [1.165, 1.54) is 38.9 Å². The zero-order valence-electron chi connectivity index (χ0n) is 18.1. The highest BCUT2D eigenvalue weighted by atomic mass is 127. The van der Waals surface area contributed by atoms with E-state index in [1.807, 2.05) is 0 Å². The number of likely N-dealkylation sites (tertiary alicyclic amines) is 1. The molecule has 1 atom stereocenters. The summed E-state index contributed by atoms with van der Waals surface area (Å²) in [4.78, 5) is 7.38. The summed E-state index contributed by atoms with van der Waals surface area (Å²) in [6.07, 6.45) is 7.41. The Morgan fingerprint density at radius 3 is 2.64 bits per heavy atom. The molecule has 2 heterocycles. The van der Waals surface area contributed by atoms with Gasteiger partial charge in [-0.05, 0) is 64.0 Å². The van der Waals surface area contributed by atoms with Crippen LogP contribution >= 0.6 is 24.0 Å². The van der Waals surface area contributed by atoms with Crippen molar-refractivity contribution in [2.75, 3.05) is 65.7 Å². The second kappa shape index (κ2) is 16.7. The molecule has 2 saturated heterocycles. The summed E-state index contributed by atoms with van der Waals surface area (Å²) < 4.78 is 11.2. The molecule has 0 aromatic heterocycles. The number of ether oxygens (including phenoxy) is 2. The Bertz CT molecular complexity index is 400. The van der Waals surface area contributed by atoms with Crippen LogP contribution in [0.5, 0.6) is 0 Å². The van der Waals surface area contributed by atoms with E-state index in [9.17, 15) is 0 Å². The smallest absolute Gasteiger partial charge is 0.191 e. The molecule has 2 fully saturated rings. The van der Waals surface area contributed by atoms with E-state index in [-0.39, 0.29) is 24.0 Å². The molecule has 0 aromatic carbocycles. The third kappa shape index (κ3) is 11.8. The molecule has 7 heteroatoms. The van der Waals surface area contributed by atoms with Gasteiger partial charge in [0.25, 0.3) is 0 Å². The fourth-order valence-corrected chi connectivity index (χ4v) is 3.77. The van der Waals surface area contributed by atoms with Crippen molar-refractivity contribution in [3.05, 3.63) is 0 Å². The zero-order valence-corrected chi connectivity index (χ0v) is 20.4. The molecule has 0 aliphatic carbocycles. The van der Waals surface area contributed by atoms with Crippen LogP contribution in [0.3, 0.4) is 0 Å². The molecular weight excluding hydrogens is 467 g/mol. The predicted octanol–water partition coefficient (Wildman–Crippen LogP) is 3.11. The SMILES string of the molecule is CCNC(=NCC(C)CN1CCCCC1)NCCCOCC1CCOCC1.I. The van der Waals surface area contributed by atoms with E-state index in [0.29, 0.717) is 11.8 Å². The Kier molecular flexibility index (Phi) is 15.4. The van der Waals surface area contributed by atoms with Gasteiger partial charge in [0.15, 0.2) is 5.96 Å². The molecule has 6 nitrogen and oxygen atoms in total. The van der Waals surface area contributed by atoms with Gasteiger partial charge in [-0.3, -0.25) is 4.99 Å². The van der Waals surface area contributed by atoms with Crippen LogP contribution in [0.2, 0.25) is 0 Å². The van der Waals surface area contributed by atoms with Crippen LogP contribution in [0.25, 0.3) is 0 Å². The molecule has 28 heavy (non-hydrogen) atoms. The van der Waals surface area contributed by atoms with Gasteiger partial charge in [0.2, 0.25) is 0 Å². The minimum absolute atomic E-state index is 0. The maximum Gasteiger partial charge on any atom is 0.191 e. The van der Waals surface area contributed by atoms with Crippen molar-refractivity contribution < 1.29 is 9.47 Å². The number of aliphatic imine (C=N–C) groups is 1. The Balaban J connectivity index is 0.00000392. The lowest BCUT2D eigenvalue weighted by Gasteiger charge is -2.28. The third-order valence-corrected chi connectivity index (χ3v) is 5.38. The number of halogens is 1. The molecular formula is C21H43IN4O2. The molecule has 0 saturated carbocycles. The largest absolute Gasteiger partial charge is 0.381 e. The number of hydrogen-bond donors (Lipinski definition) is 2. The van der Waals surface area contributed by atoms with Crippen LogP contribution in [-0.4, -0.2) is 76.6 Å². The summed E-state index contributed by atoms with van der Waals surface area (Å²) in [5.74, 6) is 2.22. The number of rotatable bonds is 11. The van der Waals surface area contributed by atoms with Gasteiger partial charge in [0.05, 0.1) is 0 Å². The Morgan fingerprint density at radius 2 is 1.93 bits per heavy atom. The van der Waals surface area contributed by atoms with Crippen LogP contribution in [0, 0.1) is 11.8 Å². The van der Waals surface area contributed by atoms with Crippen LogP contribution in [-0.2, 0) is 9.47 Å². The van der Waals surface area contributed by atoms with Crippen molar-refractivity contribution in [2.24, 2.45) is 16.8 Å². The first kappa shape index (κ1) is 25.9. The van der Waals surface area contributed by atoms with E-state index in [2.05, 4.69) is 29.4 Å². The summed E-state index contributed by atoms with van der Waals surface area (Å²) in [5, 5.41) is 6.80. The first-order valence-corrected chi connectivity index (χ1v) is 11.2. The van der Waals surface area contributed by atoms with E-state index in [4.69, 9.17) is 14.5 Å².